The molecule has 0 bridgehead atoms. The van der Waals surface area contributed by atoms with Crippen LogP contribution in [0.2, 0.25) is 0 Å². The lowest BCUT2D eigenvalue weighted by molar-refractivity contribution is 0.101. The van der Waals surface area contributed by atoms with Crippen molar-refractivity contribution >= 4 is 11.6 Å². The van der Waals surface area contributed by atoms with Gasteiger partial charge in [-0.05, 0) is 6.92 Å². The van der Waals surface area contributed by atoms with Crippen LogP contribution >= 0.6 is 0 Å². The Balaban J connectivity index is 2.27. The third-order valence-electron chi connectivity index (χ3n) is 2.61. The maximum Gasteiger partial charge on any atom is 0.159 e. The van der Waals surface area contributed by atoms with Gasteiger partial charge in [-0.1, -0.05) is 24.3 Å². The number of hydrogen-bond donors (Lipinski definition) is 0. The lowest BCUT2D eigenvalue weighted by Crippen LogP contribution is -2.23. The van der Waals surface area contributed by atoms with E-state index >= 15 is 0 Å². The summed E-state index contributed by atoms with van der Waals surface area (Å²) in [6.07, 6.45) is 0. The van der Waals surface area contributed by atoms with Gasteiger partial charge in [0.15, 0.2) is 5.78 Å². The van der Waals surface area contributed by atoms with Gasteiger partial charge in [-0.2, -0.15) is 0 Å². The van der Waals surface area contributed by atoms with Gasteiger partial charge in [0.05, 0.1) is 6.54 Å². The smallest absolute Gasteiger partial charge is 0.159 e. The van der Waals surface area contributed by atoms with Gasteiger partial charge in [-0.3, -0.25) is 9.79 Å². The predicted molar refractivity (Wildman–Crippen MR) is 60.5 cm³/mol. The largest absolute Gasteiger partial charge is 0.358 e. The average Bonchev–Trinajstić information content (AvgIpc) is 2.65. The highest BCUT2D eigenvalue weighted by Crippen LogP contribution is 2.11. The standard InChI is InChI=1S/C12H14N2O/c1-9(15)10-3-5-11(6-4-10)12-13-7-8-14(12)2/h3-6H,7-8H2,1-2H3. The SMILES string of the molecule is CC(=O)c1ccc(C2=NCCN2C)cc1. The number of nitrogens with zero attached hydrogens (tertiary/aromatic N) is 2. The lowest BCUT2D eigenvalue weighted by Gasteiger charge is -2.13. The molecule has 0 spiro atoms. The number of benzene rings is 1. The predicted octanol–water partition coefficient (Wildman–Crippen LogP) is 1.58. The molecule has 1 aliphatic heterocycles. The highest BCUT2D eigenvalue weighted by Gasteiger charge is 2.14. The van der Waals surface area contributed by atoms with Crippen LogP contribution in [0.3, 0.4) is 0 Å². The molecule has 0 fully saturated rings. The van der Waals surface area contributed by atoms with Crippen LogP contribution in [0.5, 0.6) is 0 Å². The first-order chi connectivity index (χ1) is 7.18. The zero-order valence-corrected chi connectivity index (χ0v) is 9.03. The topological polar surface area (TPSA) is 32.7 Å². The molecule has 0 atom stereocenters. The van der Waals surface area contributed by atoms with Gasteiger partial charge in [-0.15, -0.1) is 0 Å². The van der Waals surface area contributed by atoms with Crippen molar-refractivity contribution in [1.82, 2.24) is 4.90 Å². The van der Waals surface area contributed by atoms with Crippen LogP contribution in [0.1, 0.15) is 22.8 Å². The van der Waals surface area contributed by atoms with E-state index < -0.39 is 0 Å². The van der Waals surface area contributed by atoms with Gasteiger partial charge >= 0.3 is 0 Å². The Morgan fingerprint density at radius 3 is 2.47 bits per heavy atom. The van der Waals surface area contributed by atoms with Crippen LogP contribution in [0, 0.1) is 0 Å². The number of rotatable bonds is 2. The second kappa shape index (κ2) is 3.85. The third kappa shape index (κ3) is 1.91. The summed E-state index contributed by atoms with van der Waals surface area (Å²) in [7, 11) is 2.03. The first kappa shape index (κ1) is 9.90. The van der Waals surface area contributed by atoms with Gasteiger partial charge in [0, 0.05) is 24.7 Å². The van der Waals surface area contributed by atoms with Crippen molar-refractivity contribution in [3.8, 4) is 0 Å². The number of ketones is 1. The van der Waals surface area contributed by atoms with Crippen molar-refractivity contribution in [3.05, 3.63) is 35.4 Å². The molecule has 1 heterocycles. The summed E-state index contributed by atoms with van der Waals surface area (Å²) >= 11 is 0. The summed E-state index contributed by atoms with van der Waals surface area (Å²) in [6.45, 7) is 3.41. The molecule has 0 saturated carbocycles. The number of carbonyl (C=O) groups is 1. The highest BCUT2D eigenvalue weighted by atomic mass is 16.1. The summed E-state index contributed by atoms with van der Waals surface area (Å²) in [5, 5.41) is 0. The van der Waals surface area contributed by atoms with E-state index in [2.05, 4.69) is 9.89 Å². The van der Waals surface area contributed by atoms with Crippen LogP contribution in [0.25, 0.3) is 0 Å². The third-order valence-corrected chi connectivity index (χ3v) is 2.61. The monoisotopic (exact) mass is 202 g/mol. The molecule has 1 aromatic rings. The molecule has 0 aliphatic carbocycles. The Morgan fingerprint density at radius 1 is 1.33 bits per heavy atom. The minimum atomic E-state index is 0.100. The van der Waals surface area contributed by atoms with Crippen molar-refractivity contribution in [2.45, 2.75) is 6.92 Å². The van der Waals surface area contributed by atoms with Gasteiger partial charge in [0.1, 0.15) is 5.84 Å². The highest BCUT2D eigenvalue weighted by molar-refractivity contribution is 6.01. The van der Waals surface area contributed by atoms with Gasteiger partial charge in [0.2, 0.25) is 0 Å². The van der Waals surface area contributed by atoms with Crippen LogP contribution in [-0.2, 0) is 0 Å². The number of amidine groups is 1. The van der Waals surface area contributed by atoms with E-state index in [1.807, 2.05) is 31.3 Å². The van der Waals surface area contributed by atoms with Crippen LogP contribution in [0.15, 0.2) is 29.3 Å². The fraction of sp³-hybridized carbons (Fsp3) is 0.333. The Labute approximate surface area is 89.4 Å². The molecule has 1 aromatic carbocycles. The molecule has 0 radical (unpaired) electrons. The van der Waals surface area contributed by atoms with E-state index in [1.165, 1.54) is 0 Å². The average molecular weight is 202 g/mol. The number of aliphatic imine (C=N–C) groups is 1. The molecule has 15 heavy (non-hydrogen) atoms. The van der Waals surface area contributed by atoms with Crippen molar-refractivity contribution in [3.63, 3.8) is 0 Å². The van der Waals surface area contributed by atoms with E-state index in [0.29, 0.717) is 0 Å². The maximum atomic E-state index is 11.1. The zero-order chi connectivity index (χ0) is 10.8. The summed E-state index contributed by atoms with van der Waals surface area (Å²) in [5.41, 5.74) is 1.83. The number of carbonyl (C=O) groups excluding carboxylic acids is 1. The van der Waals surface area contributed by atoms with Gasteiger partial charge in [-0.25, -0.2) is 0 Å². The molecule has 0 unspecified atom stereocenters. The summed E-state index contributed by atoms with van der Waals surface area (Å²) < 4.78 is 0. The number of likely N-dealkylation sites (N-methyl/N-ethyl adjacent to an activating group) is 1. The summed E-state index contributed by atoms with van der Waals surface area (Å²) in [6, 6.07) is 7.62. The Hall–Kier alpha value is -1.64. The molecule has 2 rings (SSSR count). The van der Waals surface area contributed by atoms with Crippen LogP contribution in [0.4, 0.5) is 0 Å². The van der Waals surface area contributed by atoms with Gasteiger partial charge < -0.3 is 4.90 Å². The Morgan fingerprint density at radius 2 is 2.00 bits per heavy atom. The molecule has 0 amide bonds. The first-order valence-electron chi connectivity index (χ1n) is 5.05. The zero-order valence-electron chi connectivity index (χ0n) is 9.03. The van der Waals surface area contributed by atoms with Gasteiger partial charge in [0.25, 0.3) is 0 Å². The second-order valence-corrected chi connectivity index (χ2v) is 3.76. The molecule has 3 heteroatoms. The molecule has 0 N–H and O–H groups in total. The second-order valence-electron chi connectivity index (χ2n) is 3.76. The normalized spacial score (nSPS) is 15.3. The van der Waals surface area contributed by atoms with Crippen molar-refractivity contribution in [1.29, 1.82) is 0 Å². The molecule has 3 nitrogen and oxygen atoms in total. The van der Waals surface area contributed by atoms with Crippen LogP contribution in [-0.4, -0.2) is 36.7 Å². The lowest BCUT2D eigenvalue weighted by atomic mass is 10.1. The van der Waals surface area contributed by atoms with Crippen LogP contribution < -0.4 is 0 Å². The fourth-order valence-electron chi connectivity index (χ4n) is 1.70. The van der Waals surface area contributed by atoms with E-state index in [-0.39, 0.29) is 5.78 Å². The fourth-order valence-corrected chi connectivity index (χ4v) is 1.70. The molecule has 0 saturated heterocycles. The minimum Gasteiger partial charge on any atom is -0.358 e. The first-order valence-corrected chi connectivity index (χ1v) is 5.05. The number of hydrogen-bond acceptors (Lipinski definition) is 3. The minimum absolute atomic E-state index is 0.100. The molecule has 78 valence electrons. The van der Waals surface area contributed by atoms with E-state index in [0.717, 1.165) is 30.1 Å². The number of Topliss-reactive ketones (excluding diaryl/α,β-unsaturated/α-hetero) is 1. The van der Waals surface area contributed by atoms with E-state index in [1.54, 1.807) is 6.92 Å². The quantitative estimate of drug-likeness (QED) is 0.682. The molecule has 1 aliphatic rings. The Bertz CT molecular complexity index is 406. The maximum absolute atomic E-state index is 11.1. The summed E-state index contributed by atoms with van der Waals surface area (Å²) in [4.78, 5) is 17.6. The van der Waals surface area contributed by atoms with Crippen molar-refractivity contribution in [2.24, 2.45) is 4.99 Å². The van der Waals surface area contributed by atoms with Crippen molar-refractivity contribution < 1.29 is 4.79 Å². The molecular weight excluding hydrogens is 188 g/mol. The Kier molecular flexibility index (Phi) is 2.54. The van der Waals surface area contributed by atoms with E-state index in [9.17, 15) is 4.79 Å². The summed E-state index contributed by atoms with van der Waals surface area (Å²) in [5.74, 6) is 1.12. The van der Waals surface area contributed by atoms with E-state index in [4.69, 9.17) is 0 Å². The molecule has 0 aromatic heterocycles. The van der Waals surface area contributed by atoms with Crippen molar-refractivity contribution in [2.75, 3.05) is 20.1 Å². The molecular formula is C12H14N2O.